The van der Waals surface area contributed by atoms with Gasteiger partial charge < -0.3 is 4.74 Å². The van der Waals surface area contributed by atoms with E-state index in [4.69, 9.17) is 4.74 Å². The maximum absolute atomic E-state index is 11.2. The summed E-state index contributed by atoms with van der Waals surface area (Å²) in [7, 11) is 0. The molecule has 86 valence electrons. The molecule has 0 N–H and O–H groups in total. The van der Waals surface area contributed by atoms with Gasteiger partial charge in [0.2, 0.25) is 0 Å². The molecule has 0 unspecified atom stereocenters. The molecular formula is C10H10BrNO4. The number of halogens is 1. The van der Waals surface area contributed by atoms with Gasteiger partial charge >= 0.3 is 5.69 Å². The number of ketones is 1. The van der Waals surface area contributed by atoms with E-state index in [1.807, 2.05) is 0 Å². The van der Waals surface area contributed by atoms with Gasteiger partial charge in [-0.1, -0.05) is 0 Å². The number of benzene rings is 1. The van der Waals surface area contributed by atoms with E-state index in [2.05, 4.69) is 15.9 Å². The normalized spacial score (nSPS) is 9.94. The molecule has 6 heteroatoms. The molecule has 0 aliphatic carbocycles. The highest BCUT2D eigenvalue weighted by molar-refractivity contribution is 9.10. The van der Waals surface area contributed by atoms with Crippen LogP contribution in [-0.4, -0.2) is 17.3 Å². The molecule has 1 aromatic rings. The second kappa shape index (κ2) is 5.07. The van der Waals surface area contributed by atoms with Gasteiger partial charge in [-0.25, -0.2) is 0 Å². The molecule has 0 amide bonds. The van der Waals surface area contributed by atoms with Crippen LogP contribution in [0.3, 0.4) is 0 Å². The second-order valence-corrected chi connectivity index (χ2v) is 3.91. The van der Waals surface area contributed by atoms with Gasteiger partial charge in [-0.05, 0) is 41.9 Å². The molecule has 0 spiro atoms. The van der Waals surface area contributed by atoms with Gasteiger partial charge in [-0.2, -0.15) is 0 Å². The number of hydrogen-bond acceptors (Lipinski definition) is 4. The first kappa shape index (κ1) is 12.6. The van der Waals surface area contributed by atoms with E-state index in [0.29, 0.717) is 12.2 Å². The first-order valence-corrected chi connectivity index (χ1v) is 5.38. The van der Waals surface area contributed by atoms with E-state index >= 15 is 0 Å². The molecule has 0 saturated heterocycles. The molecule has 5 nitrogen and oxygen atoms in total. The van der Waals surface area contributed by atoms with Crippen molar-refractivity contribution in [2.24, 2.45) is 0 Å². The topological polar surface area (TPSA) is 69.4 Å². The molecule has 1 aromatic carbocycles. The third kappa shape index (κ3) is 2.57. The first-order chi connectivity index (χ1) is 7.47. The van der Waals surface area contributed by atoms with E-state index in [0.717, 1.165) is 0 Å². The van der Waals surface area contributed by atoms with Crippen LogP contribution in [0.2, 0.25) is 0 Å². The van der Waals surface area contributed by atoms with Crippen LogP contribution in [0.15, 0.2) is 16.6 Å². The summed E-state index contributed by atoms with van der Waals surface area (Å²) in [5, 5.41) is 10.8. The Labute approximate surface area is 101 Å². The molecule has 0 radical (unpaired) electrons. The predicted octanol–water partition coefficient (Wildman–Crippen LogP) is 2.96. The Morgan fingerprint density at radius 2 is 2.19 bits per heavy atom. The van der Waals surface area contributed by atoms with Crippen LogP contribution < -0.4 is 4.74 Å². The summed E-state index contributed by atoms with van der Waals surface area (Å²) >= 11 is 3.06. The van der Waals surface area contributed by atoms with Gasteiger partial charge in [0.25, 0.3) is 0 Å². The SMILES string of the molecule is CCOc1cc(C(C)=O)cc(Br)c1[N+](=O)[O-]. The molecule has 0 heterocycles. The number of Topliss-reactive ketones (excluding diaryl/α,β-unsaturated/α-hetero) is 1. The second-order valence-electron chi connectivity index (χ2n) is 3.05. The van der Waals surface area contributed by atoms with E-state index in [9.17, 15) is 14.9 Å². The average Bonchev–Trinajstić information content (AvgIpc) is 2.16. The van der Waals surface area contributed by atoms with E-state index in [1.165, 1.54) is 19.1 Å². The van der Waals surface area contributed by atoms with Crippen molar-refractivity contribution in [2.75, 3.05) is 6.61 Å². The molecular weight excluding hydrogens is 278 g/mol. The summed E-state index contributed by atoms with van der Waals surface area (Å²) in [5.74, 6) is -0.0661. The lowest BCUT2D eigenvalue weighted by atomic mass is 10.1. The number of ether oxygens (including phenoxy) is 1. The number of nitrogens with zero attached hydrogens (tertiary/aromatic N) is 1. The fourth-order valence-corrected chi connectivity index (χ4v) is 1.81. The Bertz CT molecular complexity index is 445. The minimum absolute atomic E-state index is 0.104. The van der Waals surface area contributed by atoms with Crippen molar-refractivity contribution in [3.05, 3.63) is 32.3 Å². The third-order valence-corrected chi connectivity index (χ3v) is 2.52. The summed E-state index contributed by atoms with van der Waals surface area (Å²) in [6.45, 7) is 3.41. The summed E-state index contributed by atoms with van der Waals surface area (Å²) in [6.07, 6.45) is 0. The van der Waals surface area contributed by atoms with Crippen molar-refractivity contribution in [1.29, 1.82) is 0 Å². The zero-order chi connectivity index (χ0) is 12.3. The summed E-state index contributed by atoms with van der Waals surface area (Å²) in [6, 6.07) is 2.80. The van der Waals surface area contributed by atoms with E-state index < -0.39 is 4.92 Å². The lowest BCUT2D eigenvalue weighted by Crippen LogP contribution is -2.01. The number of nitro benzene ring substituents is 1. The third-order valence-electron chi connectivity index (χ3n) is 1.92. The summed E-state index contributed by atoms with van der Waals surface area (Å²) < 4.78 is 5.39. The number of carbonyl (C=O) groups excluding carboxylic acids is 1. The zero-order valence-corrected chi connectivity index (χ0v) is 10.4. The number of rotatable bonds is 4. The van der Waals surface area contributed by atoms with E-state index in [1.54, 1.807) is 6.92 Å². The van der Waals surface area contributed by atoms with Crippen LogP contribution in [0.4, 0.5) is 5.69 Å². The van der Waals surface area contributed by atoms with Gasteiger partial charge in [-0.3, -0.25) is 14.9 Å². The van der Waals surface area contributed by atoms with Gasteiger partial charge in [0.15, 0.2) is 11.5 Å². The molecule has 0 aliphatic rings. The van der Waals surface area contributed by atoms with Crippen molar-refractivity contribution < 1.29 is 14.5 Å². The van der Waals surface area contributed by atoms with Crippen LogP contribution in [0.1, 0.15) is 24.2 Å². The predicted molar refractivity (Wildman–Crippen MR) is 62.0 cm³/mol. The lowest BCUT2D eigenvalue weighted by molar-refractivity contribution is -0.386. The fraction of sp³-hybridized carbons (Fsp3) is 0.300. The highest BCUT2D eigenvalue weighted by Gasteiger charge is 2.21. The zero-order valence-electron chi connectivity index (χ0n) is 8.82. The highest BCUT2D eigenvalue weighted by atomic mass is 79.9. The quantitative estimate of drug-likeness (QED) is 0.485. The summed E-state index contributed by atoms with van der Waals surface area (Å²) in [5.41, 5.74) is 0.216. The van der Waals surface area contributed by atoms with Gasteiger partial charge in [0.05, 0.1) is 16.0 Å². The monoisotopic (exact) mass is 287 g/mol. The largest absolute Gasteiger partial charge is 0.487 e. The molecule has 0 atom stereocenters. The molecule has 0 fully saturated rings. The lowest BCUT2D eigenvalue weighted by Gasteiger charge is -2.07. The molecule has 0 saturated carbocycles. The maximum atomic E-state index is 11.2. The van der Waals surface area contributed by atoms with Gasteiger partial charge in [0, 0.05) is 5.56 Å². The number of nitro groups is 1. The van der Waals surface area contributed by atoms with Crippen molar-refractivity contribution >= 4 is 27.4 Å². The van der Waals surface area contributed by atoms with Crippen molar-refractivity contribution in [1.82, 2.24) is 0 Å². The minimum Gasteiger partial charge on any atom is -0.487 e. The van der Waals surface area contributed by atoms with Gasteiger partial charge in [0.1, 0.15) is 0 Å². The highest BCUT2D eigenvalue weighted by Crippen LogP contribution is 2.36. The Morgan fingerprint density at radius 1 is 1.56 bits per heavy atom. The van der Waals surface area contributed by atoms with Crippen LogP contribution in [-0.2, 0) is 0 Å². The molecule has 0 aromatic heterocycles. The Morgan fingerprint density at radius 3 is 2.62 bits per heavy atom. The minimum atomic E-state index is -0.543. The van der Waals surface area contributed by atoms with Crippen molar-refractivity contribution in [3.63, 3.8) is 0 Å². The summed E-state index contributed by atoms with van der Waals surface area (Å²) in [4.78, 5) is 21.5. The van der Waals surface area contributed by atoms with Gasteiger partial charge in [-0.15, -0.1) is 0 Å². The fourth-order valence-electron chi connectivity index (χ4n) is 1.22. The standard InChI is InChI=1S/C10H10BrNO4/c1-3-16-9-5-7(6(2)13)4-8(11)10(9)12(14)15/h4-5H,3H2,1-2H3. The molecule has 16 heavy (non-hydrogen) atoms. The van der Waals surface area contributed by atoms with E-state index in [-0.39, 0.29) is 21.7 Å². The van der Waals surface area contributed by atoms with Crippen LogP contribution in [0.5, 0.6) is 5.75 Å². The maximum Gasteiger partial charge on any atom is 0.324 e. The van der Waals surface area contributed by atoms with Crippen molar-refractivity contribution in [3.8, 4) is 5.75 Å². The van der Waals surface area contributed by atoms with Crippen LogP contribution >= 0.6 is 15.9 Å². The molecule has 1 rings (SSSR count). The Kier molecular flexibility index (Phi) is 4.00. The number of carbonyl (C=O) groups is 1. The smallest absolute Gasteiger partial charge is 0.324 e. The van der Waals surface area contributed by atoms with Crippen LogP contribution in [0, 0.1) is 10.1 Å². The Hall–Kier alpha value is -1.43. The number of hydrogen-bond donors (Lipinski definition) is 0. The Balaban J connectivity index is 3.38. The first-order valence-electron chi connectivity index (χ1n) is 4.59. The molecule has 0 aliphatic heterocycles. The average molecular weight is 288 g/mol. The van der Waals surface area contributed by atoms with Crippen molar-refractivity contribution in [2.45, 2.75) is 13.8 Å². The van der Waals surface area contributed by atoms with Crippen LogP contribution in [0.25, 0.3) is 0 Å². The molecule has 0 bridgehead atoms.